The number of aliphatic hydroxyl groups is 1. The lowest BCUT2D eigenvalue weighted by atomic mass is 9.97. The molecule has 0 spiro atoms. The average Bonchev–Trinajstić information content (AvgIpc) is 2.49. The first-order valence-corrected chi connectivity index (χ1v) is 7.19. The van der Waals surface area contributed by atoms with Crippen molar-refractivity contribution in [3.63, 3.8) is 0 Å². The molecule has 0 aliphatic carbocycles. The van der Waals surface area contributed by atoms with Crippen LogP contribution in [-0.4, -0.2) is 55.6 Å². The zero-order chi connectivity index (χ0) is 13.9. The van der Waals surface area contributed by atoms with E-state index in [1.807, 2.05) is 25.1 Å². The Bertz CT molecular complexity index is 459. The van der Waals surface area contributed by atoms with Gasteiger partial charge in [-0.05, 0) is 13.0 Å². The molecule has 1 N–H and O–H groups in total. The Morgan fingerprint density at radius 2 is 2.15 bits per heavy atom. The van der Waals surface area contributed by atoms with Crippen molar-refractivity contribution in [3.05, 3.63) is 23.8 Å². The molecule has 20 heavy (non-hydrogen) atoms. The Labute approximate surface area is 119 Å². The van der Waals surface area contributed by atoms with Crippen LogP contribution in [0.1, 0.15) is 18.6 Å². The van der Waals surface area contributed by atoms with Gasteiger partial charge in [-0.25, -0.2) is 0 Å². The number of rotatable bonds is 3. The second kappa shape index (κ2) is 5.99. The number of benzene rings is 1. The van der Waals surface area contributed by atoms with Gasteiger partial charge in [-0.3, -0.25) is 4.90 Å². The number of para-hydroxylation sites is 1. The van der Waals surface area contributed by atoms with E-state index < -0.39 is 6.10 Å². The third kappa shape index (κ3) is 2.49. The number of fused-ring (bicyclic) bond motifs is 1. The van der Waals surface area contributed by atoms with E-state index in [0.29, 0.717) is 24.7 Å². The first-order chi connectivity index (χ1) is 9.81. The fourth-order valence-corrected chi connectivity index (χ4v) is 2.87. The van der Waals surface area contributed by atoms with Crippen LogP contribution in [0, 0.1) is 0 Å². The number of nitrogens with zero attached hydrogens (tertiary/aromatic N) is 1. The summed E-state index contributed by atoms with van der Waals surface area (Å²) >= 11 is 0. The summed E-state index contributed by atoms with van der Waals surface area (Å²) in [5.74, 6) is 1.40. The number of hydrogen-bond acceptors (Lipinski definition) is 5. The highest BCUT2D eigenvalue weighted by Gasteiger charge is 2.35. The van der Waals surface area contributed by atoms with E-state index in [2.05, 4.69) is 4.90 Å². The zero-order valence-corrected chi connectivity index (χ0v) is 11.7. The van der Waals surface area contributed by atoms with Crippen LogP contribution >= 0.6 is 0 Å². The molecule has 1 fully saturated rings. The Kier molecular flexibility index (Phi) is 4.10. The molecular formula is C15H21NO4. The minimum atomic E-state index is -0.544. The summed E-state index contributed by atoms with van der Waals surface area (Å²) in [5, 5.41) is 10.6. The predicted molar refractivity (Wildman–Crippen MR) is 74.2 cm³/mol. The van der Waals surface area contributed by atoms with Crippen molar-refractivity contribution in [2.24, 2.45) is 0 Å². The maximum atomic E-state index is 10.6. The van der Waals surface area contributed by atoms with Gasteiger partial charge in [-0.15, -0.1) is 0 Å². The Hall–Kier alpha value is -1.30. The van der Waals surface area contributed by atoms with Crippen LogP contribution in [0.3, 0.4) is 0 Å². The fraction of sp³-hybridized carbons (Fsp3) is 0.600. The van der Waals surface area contributed by atoms with Gasteiger partial charge < -0.3 is 19.3 Å². The minimum Gasteiger partial charge on any atom is -0.490 e. The number of hydrogen-bond donors (Lipinski definition) is 1. The van der Waals surface area contributed by atoms with Crippen molar-refractivity contribution in [1.82, 2.24) is 4.90 Å². The number of aliphatic hydroxyl groups excluding tert-OH is 1. The van der Waals surface area contributed by atoms with Gasteiger partial charge in [0.2, 0.25) is 0 Å². The highest BCUT2D eigenvalue weighted by atomic mass is 16.5. The third-order valence-corrected chi connectivity index (χ3v) is 3.91. The van der Waals surface area contributed by atoms with E-state index >= 15 is 0 Å². The van der Waals surface area contributed by atoms with E-state index in [9.17, 15) is 5.11 Å². The van der Waals surface area contributed by atoms with Gasteiger partial charge in [0.15, 0.2) is 11.5 Å². The third-order valence-electron chi connectivity index (χ3n) is 3.91. The maximum absolute atomic E-state index is 10.6. The second-order valence-electron chi connectivity index (χ2n) is 5.08. The van der Waals surface area contributed by atoms with Crippen molar-refractivity contribution in [2.75, 3.05) is 39.5 Å². The van der Waals surface area contributed by atoms with E-state index in [-0.39, 0.29) is 6.04 Å². The van der Waals surface area contributed by atoms with Gasteiger partial charge in [-0.1, -0.05) is 12.1 Å². The lowest BCUT2D eigenvalue weighted by molar-refractivity contribution is -0.0459. The maximum Gasteiger partial charge on any atom is 0.167 e. The van der Waals surface area contributed by atoms with Crippen LogP contribution in [0.4, 0.5) is 0 Å². The normalized spacial score (nSPS) is 26.7. The summed E-state index contributed by atoms with van der Waals surface area (Å²) in [6.45, 7) is 6.12. The molecule has 2 aliphatic heterocycles. The molecule has 1 saturated heterocycles. The Morgan fingerprint density at radius 3 is 2.90 bits per heavy atom. The molecule has 0 amide bonds. The van der Waals surface area contributed by atoms with E-state index in [4.69, 9.17) is 14.2 Å². The van der Waals surface area contributed by atoms with E-state index in [0.717, 1.165) is 31.9 Å². The molecule has 0 radical (unpaired) electrons. The minimum absolute atomic E-state index is 0.0109. The van der Waals surface area contributed by atoms with Gasteiger partial charge >= 0.3 is 0 Å². The quantitative estimate of drug-likeness (QED) is 0.901. The standard InChI is InChI=1S/C15H21NO4/c1-2-19-13-5-3-4-11-14(17)12(10-20-15(11)13)16-6-8-18-9-7-16/h3-5,12,14,17H,2,6-10H2,1H3. The summed E-state index contributed by atoms with van der Waals surface area (Å²) in [4.78, 5) is 2.24. The molecule has 0 saturated carbocycles. The largest absolute Gasteiger partial charge is 0.490 e. The van der Waals surface area contributed by atoms with Crippen molar-refractivity contribution >= 4 is 0 Å². The molecule has 1 aromatic carbocycles. The van der Waals surface area contributed by atoms with Gasteiger partial charge in [0.25, 0.3) is 0 Å². The molecular weight excluding hydrogens is 258 g/mol. The van der Waals surface area contributed by atoms with Gasteiger partial charge in [0.05, 0.1) is 25.9 Å². The van der Waals surface area contributed by atoms with Crippen molar-refractivity contribution < 1.29 is 19.3 Å². The zero-order valence-electron chi connectivity index (χ0n) is 11.7. The predicted octanol–water partition coefficient (Wildman–Crippen LogP) is 1.21. The van der Waals surface area contributed by atoms with Gasteiger partial charge in [-0.2, -0.15) is 0 Å². The molecule has 5 heteroatoms. The molecule has 0 aromatic heterocycles. The van der Waals surface area contributed by atoms with Crippen molar-refractivity contribution in [2.45, 2.75) is 19.1 Å². The SMILES string of the molecule is CCOc1cccc2c1OCC(N1CCOCC1)C2O. The molecule has 0 bridgehead atoms. The average molecular weight is 279 g/mol. The van der Waals surface area contributed by atoms with Crippen LogP contribution in [0.5, 0.6) is 11.5 Å². The first kappa shape index (κ1) is 13.7. The smallest absolute Gasteiger partial charge is 0.167 e. The molecule has 2 unspecified atom stereocenters. The number of ether oxygens (including phenoxy) is 3. The summed E-state index contributed by atoms with van der Waals surface area (Å²) in [7, 11) is 0. The second-order valence-corrected chi connectivity index (χ2v) is 5.08. The first-order valence-electron chi connectivity index (χ1n) is 7.19. The van der Waals surface area contributed by atoms with E-state index in [1.165, 1.54) is 0 Å². The Balaban J connectivity index is 1.83. The summed E-state index contributed by atoms with van der Waals surface area (Å²) in [5.41, 5.74) is 0.818. The van der Waals surface area contributed by atoms with Crippen molar-refractivity contribution in [1.29, 1.82) is 0 Å². The van der Waals surface area contributed by atoms with E-state index in [1.54, 1.807) is 0 Å². The number of morpholine rings is 1. The highest BCUT2D eigenvalue weighted by Crippen LogP contribution is 2.40. The molecule has 1 aromatic rings. The molecule has 110 valence electrons. The van der Waals surface area contributed by atoms with Crippen LogP contribution in [0.15, 0.2) is 18.2 Å². The molecule has 2 atom stereocenters. The summed E-state index contributed by atoms with van der Waals surface area (Å²) in [6, 6.07) is 5.68. The lowest BCUT2D eigenvalue weighted by Gasteiger charge is -2.40. The highest BCUT2D eigenvalue weighted by molar-refractivity contribution is 5.49. The summed E-state index contributed by atoms with van der Waals surface area (Å²) < 4.78 is 16.8. The molecule has 2 aliphatic rings. The van der Waals surface area contributed by atoms with Crippen LogP contribution in [0.25, 0.3) is 0 Å². The fourth-order valence-electron chi connectivity index (χ4n) is 2.87. The van der Waals surface area contributed by atoms with Crippen LogP contribution in [0.2, 0.25) is 0 Å². The molecule has 5 nitrogen and oxygen atoms in total. The summed E-state index contributed by atoms with van der Waals surface area (Å²) in [6.07, 6.45) is -0.544. The van der Waals surface area contributed by atoms with Gasteiger partial charge in [0, 0.05) is 18.7 Å². The monoisotopic (exact) mass is 279 g/mol. The molecule has 3 rings (SSSR count). The van der Waals surface area contributed by atoms with Crippen molar-refractivity contribution in [3.8, 4) is 11.5 Å². The lowest BCUT2D eigenvalue weighted by Crippen LogP contribution is -2.50. The topological polar surface area (TPSA) is 51.2 Å². The van der Waals surface area contributed by atoms with Crippen LogP contribution in [-0.2, 0) is 4.74 Å². The van der Waals surface area contributed by atoms with Crippen LogP contribution < -0.4 is 9.47 Å². The molecule has 2 heterocycles. The van der Waals surface area contributed by atoms with Gasteiger partial charge in [0.1, 0.15) is 12.7 Å². The Morgan fingerprint density at radius 1 is 1.35 bits per heavy atom.